The van der Waals surface area contributed by atoms with Gasteiger partial charge in [0.2, 0.25) is 0 Å². The fourth-order valence-corrected chi connectivity index (χ4v) is 2.14. The molecule has 0 radical (unpaired) electrons. The summed E-state index contributed by atoms with van der Waals surface area (Å²) in [5, 5.41) is 4.69. The smallest absolute Gasteiger partial charge is 0.322 e. The van der Waals surface area contributed by atoms with Crippen LogP contribution in [0.1, 0.15) is 5.82 Å². The summed E-state index contributed by atoms with van der Waals surface area (Å²) in [7, 11) is 0. The van der Waals surface area contributed by atoms with Gasteiger partial charge in [0.05, 0.1) is 17.6 Å². The van der Waals surface area contributed by atoms with Gasteiger partial charge in [-0.2, -0.15) is 0 Å². The number of nitrogens with zero attached hydrogens (tertiary/aromatic N) is 2. The van der Waals surface area contributed by atoms with Crippen LogP contribution in [0.25, 0.3) is 11.3 Å². The van der Waals surface area contributed by atoms with Crippen molar-refractivity contribution in [1.29, 1.82) is 0 Å². The van der Waals surface area contributed by atoms with Gasteiger partial charge in [-0.25, -0.2) is 14.8 Å². The number of anilines is 1. The zero-order chi connectivity index (χ0) is 14.8. The van der Waals surface area contributed by atoms with Gasteiger partial charge < -0.3 is 11.1 Å². The number of benzene rings is 1. The molecule has 3 rings (SSSR count). The third-order valence-electron chi connectivity index (χ3n) is 3.16. The van der Waals surface area contributed by atoms with Crippen molar-refractivity contribution >= 4 is 17.6 Å². The van der Waals surface area contributed by atoms with E-state index in [0.717, 1.165) is 5.56 Å². The molecule has 7 nitrogen and oxygen atoms in total. The van der Waals surface area contributed by atoms with Crippen LogP contribution in [0.15, 0.2) is 36.5 Å². The number of hydrogen-bond acceptors (Lipinski definition) is 5. The van der Waals surface area contributed by atoms with Crippen molar-refractivity contribution in [3.05, 3.63) is 42.4 Å². The molecule has 0 aliphatic carbocycles. The second-order valence-electron chi connectivity index (χ2n) is 4.68. The predicted octanol–water partition coefficient (Wildman–Crippen LogP) is 0.476. The molecule has 3 amide bonds. The van der Waals surface area contributed by atoms with Crippen LogP contribution < -0.4 is 16.4 Å². The number of nitrogens with one attached hydrogen (secondary N) is 2. The van der Waals surface area contributed by atoms with Crippen LogP contribution in [0.3, 0.4) is 0 Å². The Morgan fingerprint density at radius 2 is 1.95 bits per heavy atom. The summed E-state index contributed by atoms with van der Waals surface area (Å²) in [5.41, 5.74) is 7.86. The highest BCUT2D eigenvalue weighted by Gasteiger charge is 2.30. The van der Waals surface area contributed by atoms with Gasteiger partial charge in [0.15, 0.2) is 0 Å². The average Bonchev–Trinajstić information content (AvgIpc) is 2.80. The second-order valence-corrected chi connectivity index (χ2v) is 4.68. The number of carbonyl (C=O) groups is 2. The van der Waals surface area contributed by atoms with Crippen molar-refractivity contribution in [3.8, 4) is 11.3 Å². The van der Waals surface area contributed by atoms with E-state index in [1.165, 1.54) is 6.20 Å². The molecule has 1 aromatic carbocycles. The summed E-state index contributed by atoms with van der Waals surface area (Å²) >= 11 is 0. The minimum Gasteiger partial charge on any atom is -0.396 e. The molecule has 1 unspecified atom stereocenters. The summed E-state index contributed by atoms with van der Waals surface area (Å²) in [6.45, 7) is 0. The number of imide groups is 1. The van der Waals surface area contributed by atoms with E-state index in [9.17, 15) is 9.59 Å². The minimum atomic E-state index is -0.648. The van der Waals surface area contributed by atoms with E-state index in [-0.39, 0.29) is 12.3 Å². The van der Waals surface area contributed by atoms with E-state index >= 15 is 0 Å². The standard InChI is InChI=1S/C14H13N5O2/c15-9-7-16-11(6-10-13(20)19-14(21)17-10)18-12(9)8-4-2-1-3-5-8/h1-5,7,10H,6,15H2,(H2,17,19,20,21). The Bertz CT molecular complexity index is 702. The summed E-state index contributed by atoms with van der Waals surface area (Å²) < 4.78 is 0. The van der Waals surface area contributed by atoms with Gasteiger partial charge in [0.1, 0.15) is 11.9 Å². The van der Waals surface area contributed by atoms with Crippen LogP contribution in [0.2, 0.25) is 0 Å². The van der Waals surface area contributed by atoms with Crippen LogP contribution in [0, 0.1) is 0 Å². The highest BCUT2D eigenvalue weighted by atomic mass is 16.2. The van der Waals surface area contributed by atoms with Gasteiger partial charge in [0.25, 0.3) is 5.91 Å². The molecule has 1 aliphatic heterocycles. The fraction of sp³-hybridized carbons (Fsp3) is 0.143. The average molecular weight is 283 g/mol. The third-order valence-corrected chi connectivity index (χ3v) is 3.16. The minimum absolute atomic E-state index is 0.220. The molecule has 0 bridgehead atoms. The highest BCUT2D eigenvalue weighted by molar-refractivity contribution is 6.04. The SMILES string of the molecule is Nc1cnc(CC2NC(=O)NC2=O)nc1-c1ccccc1. The fourth-order valence-electron chi connectivity index (χ4n) is 2.14. The Morgan fingerprint density at radius 3 is 2.62 bits per heavy atom. The molecule has 1 aromatic heterocycles. The topological polar surface area (TPSA) is 110 Å². The molecule has 2 heterocycles. The van der Waals surface area contributed by atoms with E-state index in [1.807, 2.05) is 30.3 Å². The van der Waals surface area contributed by atoms with Gasteiger partial charge >= 0.3 is 6.03 Å². The normalized spacial score (nSPS) is 17.4. The second kappa shape index (κ2) is 5.20. The first-order valence-corrected chi connectivity index (χ1v) is 6.41. The Balaban J connectivity index is 1.88. The molecule has 2 aromatic rings. The molecule has 0 spiro atoms. The Morgan fingerprint density at radius 1 is 1.19 bits per heavy atom. The van der Waals surface area contributed by atoms with E-state index in [0.29, 0.717) is 17.2 Å². The highest BCUT2D eigenvalue weighted by Crippen LogP contribution is 2.22. The molecular weight excluding hydrogens is 270 g/mol. The summed E-state index contributed by atoms with van der Waals surface area (Å²) in [6, 6.07) is 8.33. The molecular formula is C14H13N5O2. The lowest BCUT2D eigenvalue weighted by atomic mass is 10.1. The molecule has 21 heavy (non-hydrogen) atoms. The largest absolute Gasteiger partial charge is 0.396 e. The Kier molecular flexibility index (Phi) is 3.23. The van der Waals surface area contributed by atoms with Gasteiger partial charge in [-0.05, 0) is 0 Å². The lowest BCUT2D eigenvalue weighted by Gasteiger charge is -2.09. The van der Waals surface area contributed by atoms with Gasteiger partial charge in [-0.3, -0.25) is 10.1 Å². The van der Waals surface area contributed by atoms with Gasteiger partial charge in [-0.15, -0.1) is 0 Å². The van der Waals surface area contributed by atoms with Crippen molar-refractivity contribution in [2.45, 2.75) is 12.5 Å². The first-order chi connectivity index (χ1) is 10.1. The number of nitrogen functional groups attached to an aromatic ring is 1. The van der Waals surface area contributed by atoms with Crippen molar-refractivity contribution in [2.24, 2.45) is 0 Å². The number of aromatic nitrogens is 2. The monoisotopic (exact) mass is 283 g/mol. The summed E-state index contributed by atoms with van der Waals surface area (Å²) in [5.74, 6) is 0.0760. The number of amides is 3. The Hall–Kier alpha value is -2.96. The van der Waals surface area contributed by atoms with Gasteiger partial charge in [0, 0.05) is 12.0 Å². The number of urea groups is 1. The number of carbonyl (C=O) groups excluding carboxylic acids is 2. The quantitative estimate of drug-likeness (QED) is 0.709. The first-order valence-electron chi connectivity index (χ1n) is 6.41. The van der Waals surface area contributed by atoms with Crippen LogP contribution >= 0.6 is 0 Å². The van der Waals surface area contributed by atoms with Crippen molar-refractivity contribution in [3.63, 3.8) is 0 Å². The lowest BCUT2D eigenvalue weighted by Crippen LogP contribution is -2.31. The maximum Gasteiger partial charge on any atom is 0.322 e. The summed E-state index contributed by atoms with van der Waals surface area (Å²) in [4.78, 5) is 31.1. The van der Waals surface area contributed by atoms with Crippen LogP contribution in [0.5, 0.6) is 0 Å². The van der Waals surface area contributed by atoms with E-state index in [4.69, 9.17) is 5.73 Å². The number of nitrogens with two attached hydrogens (primary N) is 1. The van der Waals surface area contributed by atoms with Crippen LogP contribution in [0.4, 0.5) is 10.5 Å². The van der Waals surface area contributed by atoms with Gasteiger partial charge in [-0.1, -0.05) is 30.3 Å². The van der Waals surface area contributed by atoms with E-state index in [2.05, 4.69) is 20.6 Å². The van der Waals surface area contributed by atoms with Crippen LogP contribution in [-0.4, -0.2) is 27.9 Å². The maximum absolute atomic E-state index is 11.5. The zero-order valence-electron chi connectivity index (χ0n) is 11.0. The molecule has 4 N–H and O–H groups in total. The molecule has 1 atom stereocenters. The molecule has 106 valence electrons. The maximum atomic E-state index is 11.5. The third kappa shape index (κ3) is 2.66. The van der Waals surface area contributed by atoms with Crippen molar-refractivity contribution < 1.29 is 9.59 Å². The Labute approximate surface area is 120 Å². The number of rotatable bonds is 3. The molecule has 1 saturated heterocycles. The van der Waals surface area contributed by atoms with E-state index in [1.54, 1.807) is 0 Å². The predicted molar refractivity (Wildman–Crippen MR) is 76.0 cm³/mol. The number of hydrogen-bond donors (Lipinski definition) is 3. The van der Waals surface area contributed by atoms with Crippen molar-refractivity contribution in [2.75, 3.05) is 5.73 Å². The lowest BCUT2D eigenvalue weighted by molar-refractivity contribution is -0.120. The summed E-state index contributed by atoms with van der Waals surface area (Å²) in [6.07, 6.45) is 1.73. The molecule has 1 fully saturated rings. The van der Waals surface area contributed by atoms with Crippen molar-refractivity contribution in [1.82, 2.24) is 20.6 Å². The first kappa shape index (κ1) is 13.0. The van der Waals surface area contributed by atoms with E-state index < -0.39 is 12.1 Å². The van der Waals surface area contributed by atoms with Crippen LogP contribution in [-0.2, 0) is 11.2 Å². The zero-order valence-corrected chi connectivity index (χ0v) is 11.0. The molecule has 0 saturated carbocycles. The molecule has 1 aliphatic rings. The molecule has 7 heteroatoms.